The number of nitrogens with one attached hydrogen (secondary N) is 2. The van der Waals surface area contributed by atoms with E-state index >= 15 is 4.39 Å². The second kappa shape index (κ2) is 12.8. The highest BCUT2D eigenvalue weighted by atomic mass is 31.2. The number of para-hydroxylation sites is 1. The monoisotopic (exact) mass is 585 g/mol. The van der Waals surface area contributed by atoms with Crippen LogP contribution in [0.1, 0.15) is 39.8 Å². The summed E-state index contributed by atoms with van der Waals surface area (Å²) in [5, 5.41) is 2.85. The van der Waals surface area contributed by atoms with Crippen molar-refractivity contribution in [1.29, 1.82) is 0 Å². The van der Waals surface area contributed by atoms with Gasteiger partial charge >= 0.3 is 19.4 Å². The van der Waals surface area contributed by atoms with Crippen molar-refractivity contribution in [1.82, 2.24) is 14.6 Å². The molecule has 0 radical (unpaired) electrons. The third-order valence-electron chi connectivity index (χ3n) is 6.45. The molecule has 3 heterocycles. The Hall–Kier alpha value is -2.87. The highest BCUT2D eigenvalue weighted by Gasteiger charge is 2.58. The van der Waals surface area contributed by atoms with Crippen LogP contribution in [0.25, 0.3) is 0 Å². The number of esters is 1. The first-order valence-electron chi connectivity index (χ1n) is 12.9. The lowest BCUT2D eigenvalue weighted by Crippen LogP contribution is -2.46. The Morgan fingerprint density at radius 2 is 1.93 bits per heavy atom. The van der Waals surface area contributed by atoms with Crippen LogP contribution in [0, 0.1) is 0 Å². The maximum absolute atomic E-state index is 16.2. The molecule has 0 amide bonds. The zero-order valence-electron chi connectivity index (χ0n) is 22.3. The molecule has 15 heteroatoms. The van der Waals surface area contributed by atoms with Crippen LogP contribution in [0.3, 0.4) is 0 Å². The van der Waals surface area contributed by atoms with Crippen LogP contribution in [0.2, 0.25) is 0 Å². The van der Waals surface area contributed by atoms with E-state index in [2.05, 4.69) is 5.09 Å². The minimum absolute atomic E-state index is 0.0554. The molecule has 1 aromatic heterocycles. The van der Waals surface area contributed by atoms with Crippen molar-refractivity contribution in [3.63, 3.8) is 0 Å². The van der Waals surface area contributed by atoms with Crippen molar-refractivity contribution in [2.45, 2.75) is 70.0 Å². The molecular weight excluding hydrogens is 552 g/mol. The number of ether oxygens (including phenoxy) is 4. The van der Waals surface area contributed by atoms with Crippen LogP contribution in [0.15, 0.2) is 52.2 Å². The minimum atomic E-state index is -4.21. The van der Waals surface area contributed by atoms with Crippen LogP contribution >= 0.6 is 7.75 Å². The summed E-state index contributed by atoms with van der Waals surface area (Å²) in [6.45, 7) is 4.64. The van der Waals surface area contributed by atoms with Gasteiger partial charge in [-0.2, -0.15) is 0 Å². The fourth-order valence-electron chi connectivity index (χ4n) is 4.40. The van der Waals surface area contributed by atoms with Crippen LogP contribution in [-0.2, 0) is 32.8 Å². The predicted octanol–water partition coefficient (Wildman–Crippen LogP) is 2.43. The minimum Gasteiger partial charge on any atom is -0.456 e. The molecule has 2 aliphatic heterocycles. The Labute approximate surface area is 229 Å². The number of halogens is 1. The number of benzene rings is 1. The predicted molar refractivity (Wildman–Crippen MR) is 138 cm³/mol. The Kier molecular flexibility index (Phi) is 9.60. The molecule has 0 bridgehead atoms. The Morgan fingerprint density at radius 3 is 2.55 bits per heavy atom. The quantitative estimate of drug-likeness (QED) is 0.279. The van der Waals surface area contributed by atoms with Gasteiger partial charge in [0.05, 0.1) is 25.9 Å². The molecule has 6 atom stereocenters. The Morgan fingerprint density at radius 1 is 1.23 bits per heavy atom. The average molecular weight is 586 g/mol. The molecule has 220 valence electrons. The van der Waals surface area contributed by atoms with E-state index in [4.69, 9.17) is 28.0 Å². The second-order valence-electron chi connectivity index (χ2n) is 9.41. The van der Waals surface area contributed by atoms with Crippen LogP contribution in [0.4, 0.5) is 4.39 Å². The zero-order valence-corrected chi connectivity index (χ0v) is 23.2. The largest absolute Gasteiger partial charge is 0.459 e. The molecule has 0 aliphatic carbocycles. The van der Waals surface area contributed by atoms with Crippen molar-refractivity contribution < 1.29 is 41.7 Å². The highest BCUT2D eigenvalue weighted by Crippen LogP contribution is 2.48. The lowest BCUT2D eigenvalue weighted by atomic mass is 9.98. The molecule has 4 rings (SSSR count). The first-order chi connectivity index (χ1) is 19.1. The number of H-pyrrole nitrogens is 1. The summed E-state index contributed by atoms with van der Waals surface area (Å²) in [6, 6.07) is 8.72. The highest BCUT2D eigenvalue weighted by molar-refractivity contribution is 7.52. The van der Waals surface area contributed by atoms with Gasteiger partial charge in [0.2, 0.25) is 0 Å². The molecule has 2 saturated heterocycles. The molecule has 40 heavy (non-hydrogen) atoms. The van der Waals surface area contributed by atoms with E-state index in [9.17, 15) is 18.9 Å². The van der Waals surface area contributed by atoms with Crippen molar-refractivity contribution in [3.05, 3.63) is 63.4 Å². The molecule has 5 unspecified atom stereocenters. The van der Waals surface area contributed by atoms with Crippen molar-refractivity contribution in [2.24, 2.45) is 0 Å². The molecule has 0 spiro atoms. The second-order valence-corrected chi connectivity index (χ2v) is 11.1. The number of rotatable bonds is 12. The van der Waals surface area contributed by atoms with Gasteiger partial charge in [-0.25, -0.2) is 18.8 Å². The first kappa shape index (κ1) is 30.1. The summed E-state index contributed by atoms with van der Waals surface area (Å²) < 4.78 is 64.9. The Bertz CT molecular complexity index is 1310. The average Bonchev–Trinajstić information content (AvgIpc) is 3.54. The van der Waals surface area contributed by atoms with Gasteiger partial charge in [0, 0.05) is 18.7 Å². The van der Waals surface area contributed by atoms with E-state index in [-0.39, 0.29) is 12.2 Å². The maximum Gasteiger partial charge on any atom is 0.459 e. The number of hydrogen-bond acceptors (Lipinski definition) is 10. The first-order valence-corrected chi connectivity index (χ1v) is 14.5. The van der Waals surface area contributed by atoms with Crippen LogP contribution in [0.5, 0.6) is 5.75 Å². The molecule has 0 saturated carbocycles. The van der Waals surface area contributed by atoms with Gasteiger partial charge in [-0.1, -0.05) is 32.0 Å². The fourth-order valence-corrected chi connectivity index (χ4v) is 6.04. The van der Waals surface area contributed by atoms with Crippen LogP contribution in [-0.4, -0.2) is 65.5 Å². The molecule has 2 aliphatic rings. The van der Waals surface area contributed by atoms with Gasteiger partial charge in [-0.3, -0.25) is 23.7 Å². The SMILES string of the molecule is CCC(=O)OC1C(COP(=O)(N[C@@H](CC)C2OCCO2)Oc2ccccc2)OC(n2ccc(=O)[nH]c2=O)C1(C)F. The van der Waals surface area contributed by atoms with Crippen molar-refractivity contribution in [2.75, 3.05) is 19.8 Å². The van der Waals surface area contributed by atoms with Crippen LogP contribution < -0.4 is 20.9 Å². The lowest BCUT2D eigenvalue weighted by Gasteiger charge is -2.29. The smallest absolute Gasteiger partial charge is 0.456 e. The summed E-state index contributed by atoms with van der Waals surface area (Å²) in [7, 11) is -4.21. The molecule has 2 N–H and O–H groups in total. The number of aromatic amines is 1. The summed E-state index contributed by atoms with van der Waals surface area (Å²) in [5.74, 6) is -0.490. The Balaban J connectivity index is 1.61. The number of carbonyl (C=O) groups is 1. The molecular formula is C25H33FN3O10P. The normalized spacial score (nSPS) is 27.2. The number of hydrogen-bond donors (Lipinski definition) is 2. The summed E-state index contributed by atoms with van der Waals surface area (Å²) in [4.78, 5) is 38.2. The third kappa shape index (κ3) is 6.88. The molecule has 1 aromatic carbocycles. The number of alkyl halides is 1. The fraction of sp³-hybridized carbons (Fsp3) is 0.560. The molecule has 2 fully saturated rings. The van der Waals surface area contributed by atoms with E-state index < -0.39 is 68.0 Å². The van der Waals surface area contributed by atoms with E-state index in [1.54, 1.807) is 30.3 Å². The van der Waals surface area contributed by atoms with Gasteiger partial charge in [0.1, 0.15) is 11.9 Å². The maximum atomic E-state index is 16.2. The van der Waals surface area contributed by atoms with E-state index in [1.165, 1.54) is 6.92 Å². The number of aromatic nitrogens is 2. The lowest BCUT2D eigenvalue weighted by molar-refractivity contribution is -0.157. The van der Waals surface area contributed by atoms with E-state index in [1.807, 2.05) is 11.9 Å². The zero-order chi connectivity index (χ0) is 28.9. The number of nitrogens with zero attached hydrogens (tertiary/aromatic N) is 1. The van der Waals surface area contributed by atoms with Gasteiger partial charge < -0.3 is 23.5 Å². The van der Waals surface area contributed by atoms with Gasteiger partial charge in [-0.05, 0) is 25.5 Å². The standard InChI is InChI=1S/C25H33FN3O10P/c1-4-17(22-34-13-14-35-22)28-40(33,39-16-9-7-6-8-10-16)36-15-18-21(38-20(31)5-2)25(3,26)23(37-18)29-12-11-19(30)27-24(29)32/h6-12,17-18,21-23H,4-5,13-15H2,1-3H3,(H,28,33)(H,27,30,32)/t17-,18?,21?,23?,25?,40?/m0/s1. The van der Waals surface area contributed by atoms with E-state index in [0.717, 1.165) is 23.8 Å². The molecule has 2 aromatic rings. The van der Waals surface area contributed by atoms with Gasteiger partial charge in [-0.15, -0.1) is 0 Å². The topological polar surface area (TPSA) is 156 Å². The third-order valence-corrected chi connectivity index (χ3v) is 8.04. The summed E-state index contributed by atoms with van der Waals surface area (Å²) in [6.07, 6.45) is -3.73. The summed E-state index contributed by atoms with van der Waals surface area (Å²) in [5.41, 5.74) is -4.05. The van der Waals surface area contributed by atoms with Gasteiger partial charge in [0.25, 0.3) is 5.56 Å². The summed E-state index contributed by atoms with van der Waals surface area (Å²) >= 11 is 0. The van der Waals surface area contributed by atoms with E-state index in [0.29, 0.717) is 19.6 Å². The van der Waals surface area contributed by atoms with Crippen molar-refractivity contribution in [3.8, 4) is 5.75 Å². The van der Waals surface area contributed by atoms with Gasteiger partial charge in [0.15, 0.2) is 24.3 Å². The van der Waals surface area contributed by atoms with Crippen molar-refractivity contribution >= 4 is 13.7 Å². The molecule has 13 nitrogen and oxygen atoms in total. The number of carbonyl (C=O) groups excluding carboxylic acids is 1.